The van der Waals surface area contributed by atoms with Gasteiger partial charge in [0.15, 0.2) is 24.6 Å². The highest BCUT2D eigenvalue weighted by Gasteiger charge is 2.56. The molecule has 0 radical (unpaired) electrons. The van der Waals surface area contributed by atoms with E-state index < -0.39 is 95.7 Å². The minimum atomic E-state index is -1.66. The predicted molar refractivity (Wildman–Crippen MR) is 135 cm³/mol. The van der Waals surface area contributed by atoms with Gasteiger partial charge < -0.3 is 33.2 Å². The molecule has 1 saturated heterocycles. The molecule has 1 heterocycles. The fourth-order valence-electron chi connectivity index (χ4n) is 4.55. The highest BCUT2D eigenvalue weighted by molar-refractivity contribution is 5.74. The van der Waals surface area contributed by atoms with Gasteiger partial charge in [-0.05, 0) is 39.7 Å². The second-order valence-electron chi connectivity index (χ2n) is 10.7. The molecule has 1 fully saturated rings. The maximum absolute atomic E-state index is 12.9. The number of nitrogens with zero attached hydrogens (tertiary/aromatic N) is 1. The van der Waals surface area contributed by atoms with E-state index in [1.165, 1.54) is 0 Å². The topological polar surface area (TPSA) is 193 Å². The average Bonchev–Trinajstić information content (AvgIpc) is 2.80. The number of allylic oxidation sites excluding steroid dienone is 1. The molecule has 2 aliphatic rings. The Morgan fingerprint density at radius 3 is 1.95 bits per heavy atom. The van der Waals surface area contributed by atoms with Crippen LogP contribution in [0.1, 0.15) is 61.8 Å². The molecule has 0 aromatic carbocycles. The molecule has 0 amide bonds. The molecule has 8 atom stereocenters. The van der Waals surface area contributed by atoms with E-state index >= 15 is 0 Å². The van der Waals surface area contributed by atoms with E-state index in [2.05, 4.69) is 0 Å². The summed E-state index contributed by atoms with van der Waals surface area (Å²) in [5, 5.41) is 12.3. The molecule has 15 nitrogen and oxygen atoms in total. The zero-order chi connectivity index (χ0) is 31.2. The fourth-order valence-corrected chi connectivity index (χ4v) is 4.55. The monoisotopic (exact) mass is 587 g/mol. The molecule has 41 heavy (non-hydrogen) atoms. The van der Waals surface area contributed by atoms with E-state index in [9.17, 15) is 34.1 Å². The number of rotatable bonds is 9. The Hall–Kier alpha value is -3.59. The summed E-state index contributed by atoms with van der Waals surface area (Å²) in [6, 6.07) is -1.64. The van der Waals surface area contributed by atoms with Crippen LogP contribution in [0.15, 0.2) is 11.6 Å². The highest BCUT2D eigenvalue weighted by atomic mass is 16.7. The van der Waals surface area contributed by atoms with E-state index in [1.54, 1.807) is 33.8 Å². The molecule has 0 bridgehead atoms. The summed E-state index contributed by atoms with van der Waals surface area (Å²) in [5.41, 5.74) is -0.538. The van der Waals surface area contributed by atoms with Gasteiger partial charge in [0.1, 0.15) is 30.3 Å². The van der Waals surface area contributed by atoms with Crippen molar-refractivity contribution in [3.8, 4) is 0 Å². The highest BCUT2D eigenvalue weighted by Crippen LogP contribution is 2.36. The molecule has 0 N–H and O–H groups in total. The van der Waals surface area contributed by atoms with E-state index in [-0.39, 0.29) is 6.42 Å². The third-order valence-electron chi connectivity index (χ3n) is 6.05. The Balaban J connectivity index is 2.56. The third-order valence-corrected chi connectivity index (χ3v) is 6.05. The van der Waals surface area contributed by atoms with Crippen molar-refractivity contribution in [2.75, 3.05) is 6.61 Å². The number of hydrogen-bond acceptors (Lipinski definition) is 14. The zero-order valence-electron chi connectivity index (χ0n) is 24.3. The van der Waals surface area contributed by atoms with Crippen LogP contribution in [0, 0.1) is 16.0 Å². The van der Waals surface area contributed by atoms with Crippen LogP contribution < -0.4 is 0 Å². The van der Waals surface area contributed by atoms with Crippen molar-refractivity contribution in [1.29, 1.82) is 0 Å². The van der Waals surface area contributed by atoms with E-state index in [0.717, 1.165) is 27.7 Å². The smallest absolute Gasteiger partial charge is 0.316 e. The Kier molecular flexibility index (Phi) is 11.4. The van der Waals surface area contributed by atoms with E-state index in [0.29, 0.717) is 5.57 Å². The lowest BCUT2D eigenvalue weighted by atomic mass is 9.83. The van der Waals surface area contributed by atoms with Crippen molar-refractivity contribution in [3.05, 3.63) is 21.8 Å². The maximum atomic E-state index is 12.9. The Bertz CT molecular complexity index is 1060. The summed E-state index contributed by atoms with van der Waals surface area (Å²) < 4.78 is 38.5. The van der Waals surface area contributed by atoms with Crippen LogP contribution in [0.25, 0.3) is 0 Å². The van der Waals surface area contributed by atoms with Gasteiger partial charge in [-0.1, -0.05) is 6.08 Å². The predicted octanol–water partition coefficient (Wildman–Crippen LogP) is 1.41. The van der Waals surface area contributed by atoms with Crippen molar-refractivity contribution >= 4 is 29.8 Å². The number of carbonyl (C=O) groups is 5. The molecule has 0 aromatic rings. The van der Waals surface area contributed by atoms with Gasteiger partial charge in [0.2, 0.25) is 0 Å². The molecule has 1 aliphatic carbocycles. The SMILES string of the molecule is CC(=O)OC[C@@H]1O[C@H](O[C@@H]2C(C)=CC[C@@H](C(=O)OC(C)(C)C)[C@@H]2[N+](=O)[O-])[C@@H](OC(C)=O)[C@H](OC(C)=O)[C@H]1OC(C)=O. The van der Waals surface area contributed by atoms with Crippen LogP contribution in [0.5, 0.6) is 0 Å². The quantitative estimate of drug-likeness (QED) is 0.123. The van der Waals surface area contributed by atoms with Crippen LogP contribution in [-0.4, -0.2) is 89.8 Å². The second-order valence-corrected chi connectivity index (χ2v) is 10.7. The zero-order valence-corrected chi connectivity index (χ0v) is 24.3. The summed E-state index contributed by atoms with van der Waals surface area (Å²) in [6.45, 7) is 10.2. The standard InChI is InChI=1S/C26H37NO14/c1-12-9-10-17(24(32)41-26(6,7)8)19(27(33)34)20(12)40-25-23(38-16(5)31)22(37-15(4)30)21(36-14(3)29)18(39-25)11-35-13(2)28/h9,17-23,25H,10-11H2,1-8H3/t17-,18+,19+,20-,21+,22-,23+,25-/m1/s1. The van der Waals surface area contributed by atoms with Crippen molar-refractivity contribution < 1.29 is 62.1 Å². The molecule has 1 aliphatic heterocycles. The number of esters is 5. The maximum Gasteiger partial charge on any atom is 0.316 e. The first-order chi connectivity index (χ1) is 18.9. The molecule has 0 unspecified atom stereocenters. The van der Waals surface area contributed by atoms with Gasteiger partial charge in [0.25, 0.3) is 6.04 Å². The Morgan fingerprint density at radius 1 is 0.927 bits per heavy atom. The molecule has 0 saturated carbocycles. The molecular weight excluding hydrogens is 550 g/mol. The summed E-state index contributed by atoms with van der Waals surface area (Å²) in [6.07, 6.45) is -7.31. The molecule has 0 spiro atoms. The lowest BCUT2D eigenvalue weighted by Gasteiger charge is -2.45. The number of carbonyl (C=O) groups excluding carboxylic acids is 5. The van der Waals surface area contributed by atoms with Crippen molar-refractivity contribution in [1.82, 2.24) is 0 Å². The summed E-state index contributed by atoms with van der Waals surface area (Å²) in [4.78, 5) is 72.2. The van der Waals surface area contributed by atoms with Crippen molar-refractivity contribution in [2.24, 2.45) is 5.92 Å². The van der Waals surface area contributed by atoms with Gasteiger partial charge in [-0.25, -0.2) is 0 Å². The van der Waals surface area contributed by atoms with Crippen LogP contribution in [0.4, 0.5) is 0 Å². The van der Waals surface area contributed by atoms with Crippen molar-refractivity contribution in [3.63, 3.8) is 0 Å². The third kappa shape index (κ3) is 9.49. The van der Waals surface area contributed by atoms with E-state index in [4.69, 9.17) is 33.2 Å². The number of ether oxygens (including phenoxy) is 7. The van der Waals surface area contributed by atoms with Gasteiger partial charge in [0.05, 0.1) is 0 Å². The number of nitro groups is 1. The molecule has 230 valence electrons. The number of hydrogen-bond donors (Lipinski definition) is 0. The largest absolute Gasteiger partial charge is 0.463 e. The first-order valence-electron chi connectivity index (χ1n) is 12.9. The van der Waals surface area contributed by atoms with Crippen LogP contribution in [0.3, 0.4) is 0 Å². The van der Waals surface area contributed by atoms with Gasteiger partial charge in [-0.2, -0.15) is 0 Å². The first kappa shape index (κ1) is 33.6. The van der Waals surface area contributed by atoms with Crippen molar-refractivity contribution in [2.45, 2.75) is 110 Å². The molecule has 15 heteroatoms. The fraction of sp³-hybridized carbons (Fsp3) is 0.731. The minimum absolute atomic E-state index is 0.00479. The van der Waals surface area contributed by atoms with Gasteiger partial charge in [0, 0.05) is 32.6 Å². The lowest BCUT2D eigenvalue weighted by molar-refractivity contribution is -0.545. The normalized spacial score (nSPS) is 29.8. The summed E-state index contributed by atoms with van der Waals surface area (Å²) in [5.74, 6) is -5.28. The Morgan fingerprint density at radius 2 is 1.46 bits per heavy atom. The molecule has 0 aromatic heterocycles. The molecule has 2 rings (SSSR count). The van der Waals surface area contributed by atoms with Gasteiger partial charge in [-0.3, -0.25) is 34.1 Å². The summed E-state index contributed by atoms with van der Waals surface area (Å²) in [7, 11) is 0. The minimum Gasteiger partial charge on any atom is -0.463 e. The van der Waals surface area contributed by atoms with Crippen LogP contribution in [-0.2, 0) is 57.1 Å². The summed E-state index contributed by atoms with van der Waals surface area (Å²) >= 11 is 0. The van der Waals surface area contributed by atoms with Gasteiger partial charge >= 0.3 is 29.8 Å². The first-order valence-corrected chi connectivity index (χ1v) is 12.9. The van der Waals surface area contributed by atoms with Crippen LogP contribution in [0.2, 0.25) is 0 Å². The second kappa shape index (κ2) is 13.9. The van der Waals surface area contributed by atoms with Gasteiger partial charge in [-0.15, -0.1) is 0 Å². The lowest BCUT2D eigenvalue weighted by Crippen LogP contribution is -2.64. The Labute approximate surface area is 236 Å². The van der Waals surface area contributed by atoms with Crippen LogP contribution >= 0.6 is 0 Å². The van der Waals surface area contributed by atoms with E-state index in [1.807, 2.05) is 0 Å². The average molecular weight is 588 g/mol. The molecular formula is C26H37NO14.